The number of rotatable bonds is 9. The van der Waals surface area contributed by atoms with Gasteiger partial charge < -0.3 is 29.2 Å². The number of ether oxygens (including phenoxy) is 3. The molecule has 1 fully saturated rings. The molecule has 0 spiro atoms. The number of H-pyrrole nitrogens is 1. The van der Waals surface area contributed by atoms with Crippen LogP contribution in [0.4, 0.5) is 0 Å². The van der Waals surface area contributed by atoms with Gasteiger partial charge in [-0.1, -0.05) is 18.2 Å². The standard InChI is InChI=1S/C25H31N3O5/c1-17-25(30)27-20-6-5-9-23(24(20)26-17)33-16-19(29)14-28-12-10-18(11-13-28)15-32-22-8-4-3-7-21(22)31-2/h3-9,18-19,29H,10-16H2,1-2H3,(H,27,30). The zero-order valence-electron chi connectivity index (χ0n) is 19.1. The molecule has 4 rings (SSSR count). The first-order valence-corrected chi connectivity index (χ1v) is 11.3. The van der Waals surface area contributed by atoms with Gasteiger partial charge in [-0.25, -0.2) is 4.98 Å². The van der Waals surface area contributed by atoms with Crippen molar-refractivity contribution in [3.8, 4) is 17.2 Å². The van der Waals surface area contributed by atoms with E-state index in [2.05, 4.69) is 14.9 Å². The number of fused-ring (bicyclic) bond motifs is 1. The Hall–Kier alpha value is -3.10. The number of β-amino-alcohol motifs (C(OH)–C–C–N with tert-alkyl or cyclic N) is 1. The van der Waals surface area contributed by atoms with E-state index in [4.69, 9.17) is 14.2 Å². The van der Waals surface area contributed by atoms with Crippen LogP contribution in [0.2, 0.25) is 0 Å². The molecule has 0 radical (unpaired) electrons. The molecule has 2 heterocycles. The first-order valence-electron chi connectivity index (χ1n) is 11.3. The molecule has 0 saturated carbocycles. The predicted molar refractivity (Wildman–Crippen MR) is 126 cm³/mol. The van der Waals surface area contributed by atoms with Crippen LogP contribution in [0.3, 0.4) is 0 Å². The van der Waals surface area contributed by atoms with E-state index in [1.807, 2.05) is 24.3 Å². The van der Waals surface area contributed by atoms with Gasteiger partial charge in [0.05, 0.1) is 19.2 Å². The number of methoxy groups -OCH3 is 1. The van der Waals surface area contributed by atoms with Crippen LogP contribution in [0.25, 0.3) is 11.0 Å². The second-order valence-electron chi connectivity index (χ2n) is 8.47. The van der Waals surface area contributed by atoms with Crippen LogP contribution in [0, 0.1) is 12.8 Å². The first kappa shape index (κ1) is 23.1. The third-order valence-corrected chi connectivity index (χ3v) is 6.01. The van der Waals surface area contributed by atoms with Crippen LogP contribution in [-0.4, -0.2) is 66.0 Å². The SMILES string of the molecule is COc1ccccc1OCC1CCN(CC(O)COc2cccc3[nH]c(=O)c(C)nc23)CC1. The highest BCUT2D eigenvalue weighted by molar-refractivity contribution is 5.80. The van der Waals surface area contributed by atoms with E-state index in [0.29, 0.717) is 41.5 Å². The molecule has 1 aromatic heterocycles. The van der Waals surface area contributed by atoms with Crippen molar-refractivity contribution in [3.05, 3.63) is 58.5 Å². The lowest BCUT2D eigenvalue weighted by Crippen LogP contribution is -2.41. The van der Waals surface area contributed by atoms with Crippen molar-refractivity contribution in [2.45, 2.75) is 25.9 Å². The number of nitrogens with zero attached hydrogens (tertiary/aromatic N) is 2. The highest BCUT2D eigenvalue weighted by Crippen LogP contribution is 2.28. The maximum Gasteiger partial charge on any atom is 0.269 e. The maximum atomic E-state index is 11.8. The number of hydrogen-bond acceptors (Lipinski definition) is 7. The number of aliphatic hydroxyl groups is 1. The zero-order chi connectivity index (χ0) is 23.2. The normalized spacial score (nSPS) is 16.0. The molecule has 176 valence electrons. The molecule has 1 unspecified atom stereocenters. The van der Waals surface area contributed by atoms with Crippen molar-refractivity contribution in [2.24, 2.45) is 5.92 Å². The summed E-state index contributed by atoms with van der Waals surface area (Å²) < 4.78 is 17.2. The Morgan fingerprint density at radius 1 is 1.09 bits per heavy atom. The zero-order valence-corrected chi connectivity index (χ0v) is 19.1. The van der Waals surface area contributed by atoms with Crippen molar-refractivity contribution in [1.82, 2.24) is 14.9 Å². The molecular formula is C25H31N3O5. The minimum atomic E-state index is -0.620. The summed E-state index contributed by atoms with van der Waals surface area (Å²) in [4.78, 5) is 21.2. The predicted octanol–water partition coefficient (Wildman–Crippen LogP) is 2.77. The number of aromatic amines is 1. The molecule has 3 aromatic rings. The van der Waals surface area contributed by atoms with Crippen molar-refractivity contribution in [3.63, 3.8) is 0 Å². The van der Waals surface area contributed by atoms with Crippen LogP contribution >= 0.6 is 0 Å². The second kappa shape index (κ2) is 10.7. The van der Waals surface area contributed by atoms with E-state index in [1.165, 1.54) is 0 Å². The van der Waals surface area contributed by atoms with Gasteiger partial charge in [0, 0.05) is 6.54 Å². The van der Waals surface area contributed by atoms with Gasteiger partial charge in [-0.2, -0.15) is 0 Å². The molecular weight excluding hydrogens is 422 g/mol. The van der Waals surface area contributed by atoms with Crippen molar-refractivity contribution >= 4 is 11.0 Å². The summed E-state index contributed by atoms with van der Waals surface area (Å²) in [7, 11) is 1.65. The third-order valence-electron chi connectivity index (χ3n) is 6.01. The number of aryl methyl sites for hydroxylation is 1. The Balaban J connectivity index is 1.23. The van der Waals surface area contributed by atoms with Gasteiger partial charge in [0.1, 0.15) is 29.7 Å². The molecule has 1 aliphatic heterocycles. The van der Waals surface area contributed by atoms with E-state index in [0.717, 1.165) is 37.4 Å². The molecule has 1 aliphatic rings. The molecule has 0 amide bonds. The van der Waals surface area contributed by atoms with Crippen LogP contribution in [0.15, 0.2) is 47.3 Å². The Labute approximate surface area is 193 Å². The molecule has 1 atom stereocenters. The Morgan fingerprint density at radius 3 is 2.58 bits per heavy atom. The number of likely N-dealkylation sites (tertiary alicyclic amines) is 1. The molecule has 8 nitrogen and oxygen atoms in total. The van der Waals surface area contributed by atoms with Crippen LogP contribution in [0.1, 0.15) is 18.5 Å². The first-order chi connectivity index (χ1) is 16.0. The van der Waals surface area contributed by atoms with E-state index in [9.17, 15) is 9.90 Å². The summed E-state index contributed by atoms with van der Waals surface area (Å²) in [5.74, 6) is 2.56. The van der Waals surface area contributed by atoms with Gasteiger partial charge in [0.15, 0.2) is 11.5 Å². The molecule has 0 bridgehead atoms. The summed E-state index contributed by atoms with van der Waals surface area (Å²) >= 11 is 0. The fourth-order valence-corrected chi connectivity index (χ4v) is 4.10. The van der Waals surface area contributed by atoms with Crippen LogP contribution in [0.5, 0.6) is 17.2 Å². The van der Waals surface area contributed by atoms with Gasteiger partial charge in [0.25, 0.3) is 5.56 Å². The number of benzene rings is 2. The van der Waals surface area contributed by atoms with E-state index in [1.54, 1.807) is 32.2 Å². The Kier molecular flexibility index (Phi) is 7.47. The van der Waals surface area contributed by atoms with Gasteiger partial charge in [-0.15, -0.1) is 0 Å². The molecule has 2 aromatic carbocycles. The quantitative estimate of drug-likeness (QED) is 0.514. The second-order valence-corrected chi connectivity index (χ2v) is 8.47. The molecule has 1 saturated heterocycles. The number of aromatic nitrogens is 2. The van der Waals surface area contributed by atoms with Crippen LogP contribution < -0.4 is 19.8 Å². The number of para-hydroxylation sites is 3. The summed E-state index contributed by atoms with van der Waals surface area (Å²) in [6, 6.07) is 13.1. The van der Waals surface area contributed by atoms with E-state index < -0.39 is 6.10 Å². The number of aliphatic hydroxyl groups excluding tert-OH is 1. The highest BCUT2D eigenvalue weighted by Gasteiger charge is 2.22. The fourth-order valence-electron chi connectivity index (χ4n) is 4.10. The lowest BCUT2D eigenvalue weighted by atomic mass is 9.97. The monoisotopic (exact) mass is 453 g/mol. The fraction of sp³-hybridized carbons (Fsp3) is 0.440. The van der Waals surface area contributed by atoms with Gasteiger partial charge >= 0.3 is 0 Å². The van der Waals surface area contributed by atoms with Gasteiger partial charge in [-0.05, 0) is 63.0 Å². The summed E-state index contributed by atoms with van der Waals surface area (Å²) in [5.41, 5.74) is 1.39. The van der Waals surface area contributed by atoms with E-state index >= 15 is 0 Å². The van der Waals surface area contributed by atoms with Crippen molar-refractivity contribution in [2.75, 3.05) is 40.0 Å². The molecule has 0 aliphatic carbocycles. The number of piperidine rings is 1. The molecule has 2 N–H and O–H groups in total. The smallest absolute Gasteiger partial charge is 0.269 e. The van der Waals surface area contributed by atoms with Crippen molar-refractivity contribution < 1.29 is 19.3 Å². The summed E-state index contributed by atoms with van der Waals surface area (Å²) in [6.07, 6.45) is 1.41. The highest BCUT2D eigenvalue weighted by atomic mass is 16.5. The topological polar surface area (TPSA) is 96.9 Å². The largest absolute Gasteiger partial charge is 0.493 e. The number of hydrogen-bond donors (Lipinski definition) is 2. The summed E-state index contributed by atoms with van der Waals surface area (Å²) in [6.45, 7) is 4.86. The van der Waals surface area contributed by atoms with Crippen LogP contribution in [-0.2, 0) is 0 Å². The molecule has 8 heteroatoms. The number of nitrogens with one attached hydrogen (secondary N) is 1. The third kappa shape index (κ3) is 5.83. The Morgan fingerprint density at radius 2 is 1.82 bits per heavy atom. The van der Waals surface area contributed by atoms with Gasteiger partial charge in [-0.3, -0.25) is 4.79 Å². The van der Waals surface area contributed by atoms with E-state index in [-0.39, 0.29) is 12.2 Å². The summed E-state index contributed by atoms with van der Waals surface area (Å²) in [5, 5.41) is 10.5. The average molecular weight is 454 g/mol. The molecule has 33 heavy (non-hydrogen) atoms. The lowest BCUT2D eigenvalue weighted by molar-refractivity contribution is 0.0505. The average Bonchev–Trinajstić information content (AvgIpc) is 2.83. The van der Waals surface area contributed by atoms with Gasteiger partial charge in [0.2, 0.25) is 0 Å². The maximum absolute atomic E-state index is 11.8. The minimum Gasteiger partial charge on any atom is -0.493 e. The minimum absolute atomic E-state index is 0.163. The Bertz CT molecular complexity index is 1120. The lowest BCUT2D eigenvalue weighted by Gasteiger charge is -2.33. The van der Waals surface area contributed by atoms with Crippen molar-refractivity contribution in [1.29, 1.82) is 0 Å².